The van der Waals surface area contributed by atoms with Crippen LogP contribution in [0.4, 0.5) is 0 Å². The van der Waals surface area contributed by atoms with Crippen LogP contribution in [0, 0.1) is 17.8 Å². The van der Waals surface area contributed by atoms with Gasteiger partial charge in [0.2, 0.25) is 0 Å². The monoisotopic (exact) mass is 291 g/mol. The number of rotatable bonds is 3. The van der Waals surface area contributed by atoms with Gasteiger partial charge >= 0.3 is 0 Å². The van der Waals surface area contributed by atoms with E-state index >= 15 is 0 Å². The largest absolute Gasteiger partial charge is 0.241 e. The quantitative estimate of drug-likeness (QED) is 0.734. The molecule has 2 saturated carbocycles. The molecule has 0 saturated heterocycles. The van der Waals surface area contributed by atoms with E-state index in [-0.39, 0.29) is 0 Å². The van der Waals surface area contributed by atoms with Crippen molar-refractivity contribution in [3.05, 3.63) is 29.3 Å². The van der Waals surface area contributed by atoms with Gasteiger partial charge in [0, 0.05) is 11.8 Å². The molecule has 2 fully saturated rings. The van der Waals surface area contributed by atoms with Crippen LogP contribution >= 0.6 is 22.9 Å². The third-order valence-electron chi connectivity index (χ3n) is 4.85. The van der Waals surface area contributed by atoms with Crippen LogP contribution in [-0.2, 0) is 6.42 Å². The van der Waals surface area contributed by atoms with E-state index < -0.39 is 0 Å². The standard InChI is InChI=1S/C16H18ClNS/c17-12(16-10-5-1-2-6-11(10)16)9-15-18-13-7-3-4-8-14(13)19-15/h3-4,7-8,10-12,16H,1-2,5-6,9H2. The molecule has 1 aromatic heterocycles. The molecule has 0 bridgehead atoms. The topological polar surface area (TPSA) is 12.9 Å². The van der Waals surface area contributed by atoms with Crippen LogP contribution in [0.2, 0.25) is 0 Å². The zero-order valence-electron chi connectivity index (χ0n) is 10.9. The summed E-state index contributed by atoms with van der Waals surface area (Å²) in [4.78, 5) is 4.71. The van der Waals surface area contributed by atoms with Crippen LogP contribution in [0.25, 0.3) is 10.2 Å². The van der Waals surface area contributed by atoms with Gasteiger partial charge in [0.05, 0.1) is 15.2 Å². The molecule has 2 aliphatic rings. The first-order valence-electron chi connectivity index (χ1n) is 7.31. The molecule has 1 nitrogen and oxygen atoms in total. The van der Waals surface area contributed by atoms with Gasteiger partial charge in [-0.25, -0.2) is 4.98 Å². The summed E-state index contributed by atoms with van der Waals surface area (Å²) in [5, 5.41) is 1.51. The van der Waals surface area contributed by atoms with Crippen molar-refractivity contribution in [2.75, 3.05) is 0 Å². The van der Waals surface area contributed by atoms with Gasteiger partial charge in [-0.05, 0) is 42.7 Å². The van der Waals surface area contributed by atoms with E-state index in [1.165, 1.54) is 35.4 Å². The molecule has 0 radical (unpaired) electrons. The number of thiazole rings is 1. The van der Waals surface area contributed by atoms with Gasteiger partial charge in [-0.1, -0.05) is 25.0 Å². The zero-order chi connectivity index (χ0) is 12.8. The molecule has 19 heavy (non-hydrogen) atoms. The number of alkyl halides is 1. The SMILES string of the molecule is ClC(Cc1nc2ccccc2s1)C1C2CCCCC21. The maximum absolute atomic E-state index is 6.68. The highest BCUT2D eigenvalue weighted by atomic mass is 35.5. The van der Waals surface area contributed by atoms with Crippen molar-refractivity contribution < 1.29 is 0 Å². The Bertz CT molecular complexity index is 548. The molecular weight excluding hydrogens is 274 g/mol. The van der Waals surface area contributed by atoms with Crippen molar-refractivity contribution in [1.82, 2.24) is 4.98 Å². The molecule has 0 N–H and O–H groups in total. The Balaban J connectivity index is 1.49. The Morgan fingerprint density at radius 2 is 1.95 bits per heavy atom. The predicted molar refractivity (Wildman–Crippen MR) is 81.9 cm³/mol. The minimum absolute atomic E-state index is 0.300. The first kappa shape index (κ1) is 12.2. The maximum Gasteiger partial charge on any atom is 0.0953 e. The van der Waals surface area contributed by atoms with Crippen molar-refractivity contribution >= 4 is 33.2 Å². The molecule has 100 valence electrons. The van der Waals surface area contributed by atoms with Gasteiger partial charge < -0.3 is 0 Å². The Labute approximate surface area is 123 Å². The molecule has 1 aromatic carbocycles. The van der Waals surface area contributed by atoms with Gasteiger partial charge in [-0.2, -0.15) is 0 Å². The van der Waals surface area contributed by atoms with E-state index in [0.717, 1.165) is 29.7 Å². The second-order valence-electron chi connectivity index (χ2n) is 5.98. The minimum atomic E-state index is 0.300. The first-order chi connectivity index (χ1) is 9.33. The summed E-state index contributed by atoms with van der Waals surface area (Å²) < 4.78 is 1.29. The second kappa shape index (κ2) is 4.75. The van der Waals surface area contributed by atoms with Crippen molar-refractivity contribution in [3.8, 4) is 0 Å². The normalized spacial score (nSPS) is 31.1. The molecule has 4 rings (SSSR count). The number of fused-ring (bicyclic) bond motifs is 2. The van der Waals surface area contributed by atoms with Crippen LogP contribution in [0.5, 0.6) is 0 Å². The zero-order valence-corrected chi connectivity index (χ0v) is 12.5. The first-order valence-corrected chi connectivity index (χ1v) is 8.57. The smallest absolute Gasteiger partial charge is 0.0953 e. The van der Waals surface area contributed by atoms with Gasteiger partial charge in [0.15, 0.2) is 0 Å². The lowest BCUT2D eigenvalue weighted by atomic mass is 10.0. The molecule has 0 spiro atoms. The number of aromatic nitrogens is 1. The Hall–Kier alpha value is -0.600. The molecule has 3 heteroatoms. The summed E-state index contributed by atoms with van der Waals surface area (Å²) in [6, 6.07) is 8.38. The fourth-order valence-corrected chi connectivity index (χ4v) is 5.53. The molecule has 0 amide bonds. The number of nitrogens with zero attached hydrogens (tertiary/aromatic N) is 1. The van der Waals surface area contributed by atoms with Crippen LogP contribution in [0.1, 0.15) is 30.7 Å². The van der Waals surface area contributed by atoms with E-state index in [2.05, 4.69) is 24.3 Å². The van der Waals surface area contributed by atoms with E-state index in [4.69, 9.17) is 16.6 Å². The van der Waals surface area contributed by atoms with Crippen molar-refractivity contribution in [1.29, 1.82) is 0 Å². The van der Waals surface area contributed by atoms with Crippen LogP contribution in [0.3, 0.4) is 0 Å². The van der Waals surface area contributed by atoms with Crippen LogP contribution in [-0.4, -0.2) is 10.4 Å². The number of halogens is 1. The Morgan fingerprint density at radius 1 is 1.21 bits per heavy atom. The fourth-order valence-electron chi connectivity index (χ4n) is 3.89. The number of benzene rings is 1. The van der Waals surface area contributed by atoms with E-state index in [1.807, 2.05) is 11.3 Å². The van der Waals surface area contributed by atoms with Crippen molar-refractivity contribution in [2.45, 2.75) is 37.5 Å². The Morgan fingerprint density at radius 3 is 2.68 bits per heavy atom. The maximum atomic E-state index is 6.68. The summed E-state index contributed by atoms with van der Waals surface area (Å²) in [6.07, 6.45) is 6.63. The van der Waals surface area contributed by atoms with E-state index in [1.54, 1.807) is 0 Å². The average molecular weight is 292 g/mol. The summed E-state index contributed by atoms with van der Waals surface area (Å²) >= 11 is 8.49. The minimum Gasteiger partial charge on any atom is -0.241 e. The number of hydrogen-bond acceptors (Lipinski definition) is 2. The molecular formula is C16H18ClNS. The highest BCUT2D eigenvalue weighted by Gasteiger charge is 2.53. The highest BCUT2D eigenvalue weighted by Crippen LogP contribution is 2.58. The van der Waals surface area contributed by atoms with E-state index in [9.17, 15) is 0 Å². The third kappa shape index (κ3) is 2.19. The molecule has 3 unspecified atom stereocenters. The number of para-hydroxylation sites is 1. The van der Waals surface area contributed by atoms with Crippen molar-refractivity contribution in [3.63, 3.8) is 0 Å². The number of hydrogen-bond donors (Lipinski definition) is 0. The molecule has 2 aliphatic carbocycles. The lowest BCUT2D eigenvalue weighted by Gasteiger charge is -2.06. The van der Waals surface area contributed by atoms with Crippen LogP contribution in [0.15, 0.2) is 24.3 Å². The summed E-state index contributed by atoms with van der Waals surface area (Å²) in [5.41, 5.74) is 1.12. The van der Waals surface area contributed by atoms with Gasteiger partial charge in [0.1, 0.15) is 0 Å². The molecule has 3 atom stereocenters. The van der Waals surface area contributed by atoms with Gasteiger partial charge in [0.25, 0.3) is 0 Å². The Kier molecular flexibility index (Phi) is 3.04. The third-order valence-corrected chi connectivity index (χ3v) is 6.35. The fraction of sp³-hybridized carbons (Fsp3) is 0.562. The summed E-state index contributed by atoms with van der Waals surface area (Å²) in [5.74, 6) is 2.65. The lowest BCUT2D eigenvalue weighted by molar-refractivity contribution is 0.480. The second-order valence-corrected chi connectivity index (χ2v) is 7.66. The summed E-state index contributed by atoms with van der Waals surface area (Å²) in [7, 11) is 0. The van der Waals surface area contributed by atoms with E-state index in [0.29, 0.717) is 5.38 Å². The molecule has 0 aliphatic heterocycles. The highest BCUT2D eigenvalue weighted by molar-refractivity contribution is 7.18. The predicted octanol–water partition coefficient (Wildman–Crippen LogP) is 4.88. The summed E-state index contributed by atoms with van der Waals surface area (Å²) in [6.45, 7) is 0. The van der Waals surface area contributed by atoms with Crippen LogP contribution < -0.4 is 0 Å². The lowest BCUT2D eigenvalue weighted by Crippen LogP contribution is -2.08. The molecule has 1 heterocycles. The van der Waals surface area contributed by atoms with Gasteiger partial charge in [-0.3, -0.25) is 0 Å². The molecule has 2 aromatic rings. The average Bonchev–Trinajstić information content (AvgIpc) is 3.02. The van der Waals surface area contributed by atoms with Gasteiger partial charge in [-0.15, -0.1) is 22.9 Å². The van der Waals surface area contributed by atoms with Crippen molar-refractivity contribution in [2.24, 2.45) is 17.8 Å².